The van der Waals surface area contributed by atoms with Crippen LogP contribution in [0.4, 0.5) is 0 Å². The minimum atomic E-state index is -2.03. The monoisotopic (exact) mass is 486 g/mol. The predicted molar refractivity (Wildman–Crippen MR) is 139 cm³/mol. The molecule has 0 spiro atoms. The molecule has 32 heavy (non-hydrogen) atoms. The van der Waals surface area contributed by atoms with Crippen molar-refractivity contribution < 1.29 is 23.4 Å². The van der Waals surface area contributed by atoms with Gasteiger partial charge in [-0.2, -0.15) is 0 Å². The van der Waals surface area contributed by atoms with E-state index < -0.39 is 34.6 Å². The average Bonchev–Trinajstić information content (AvgIpc) is 2.89. The van der Waals surface area contributed by atoms with E-state index in [0.29, 0.717) is 6.61 Å². The van der Waals surface area contributed by atoms with Crippen LogP contribution in [0.3, 0.4) is 0 Å². The predicted octanol–water partition coefficient (Wildman–Crippen LogP) is 6.41. The van der Waals surface area contributed by atoms with Crippen LogP contribution in [-0.2, 0) is 18.3 Å². The fourth-order valence-corrected chi connectivity index (χ4v) is 5.19. The molecule has 1 aliphatic rings. The van der Waals surface area contributed by atoms with Crippen molar-refractivity contribution in [2.75, 3.05) is 6.61 Å². The maximum absolute atomic E-state index is 11.0. The third-order valence-electron chi connectivity index (χ3n) is 7.09. The molecule has 1 heterocycles. The first-order valence-corrected chi connectivity index (χ1v) is 17.7. The largest absolute Gasteiger partial charge is 0.414 e. The first-order valence-electron chi connectivity index (χ1n) is 11.9. The van der Waals surface area contributed by atoms with Gasteiger partial charge in [-0.05, 0) is 57.0 Å². The smallest absolute Gasteiger partial charge is 0.193 e. The van der Waals surface area contributed by atoms with Crippen molar-refractivity contribution in [2.45, 2.75) is 129 Å². The molecule has 0 aliphatic carbocycles. The lowest BCUT2D eigenvalue weighted by atomic mass is 10.1. The molecule has 1 aliphatic heterocycles. The molecule has 0 aromatic heterocycles. The molecule has 188 valence electrons. The topological polar surface area (TPSA) is 57.2 Å². The number of hydrogen-bond acceptors (Lipinski definition) is 5. The quantitative estimate of drug-likeness (QED) is 0.301. The van der Waals surface area contributed by atoms with Crippen LogP contribution in [0.1, 0.15) is 62.3 Å². The molecule has 0 aromatic carbocycles. The van der Waals surface area contributed by atoms with Gasteiger partial charge in [-0.25, -0.2) is 0 Å². The molecule has 7 heteroatoms. The first-order chi connectivity index (χ1) is 14.2. The van der Waals surface area contributed by atoms with Crippen LogP contribution < -0.4 is 0 Å². The Morgan fingerprint density at radius 2 is 1.47 bits per heavy atom. The summed E-state index contributed by atoms with van der Waals surface area (Å²) in [6.07, 6.45) is 5.89. The maximum Gasteiger partial charge on any atom is 0.193 e. The number of aliphatic hydroxyl groups is 1. The Kier molecular flexibility index (Phi) is 9.80. The highest BCUT2D eigenvalue weighted by atomic mass is 28.4. The molecule has 0 saturated carbocycles. The number of rotatable bonds is 9. The summed E-state index contributed by atoms with van der Waals surface area (Å²) in [5.74, 6) is -0.693. The zero-order valence-corrected chi connectivity index (χ0v) is 24.9. The number of ether oxygens (including phenoxy) is 2. The van der Waals surface area contributed by atoms with Gasteiger partial charge in [-0.3, -0.25) is 0 Å². The molecule has 0 amide bonds. The molecule has 0 unspecified atom stereocenters. The maximum atomic E-state index is 11.0. The van der Waals surface area contributed by atoms with E-state index in [9.17, 15) is 5.11 Å². The normalized spacial score (nSPS) is 25.1. The zero-order valence-electron chi connectivity index (χ0n) is 22.9. The number of aliphatic hydroxyl groups excluding tert-OH is 1. The Morgan fingerprint density at radius 1 is 0.938 bits per heavy atom. The van der Waals surface area contributed by atoms with Gasteiger partial charge in [0.1, 0.15) is 18.3 Å². The van der Waals surface area contributed by atoms with Crippen molar-refractivity contribution in [3.05, 3.63) is 24.3 Å². The Labute approximate surface area is 199 Å². The summed E-state index contributed by atoms with van der Waals surface area (Å²) in [4.78, 5) is 0. The van der Waals surface area contributed by atoms with Gasteiger partial charge in [0.05, 0.1) is 12.7 Å². The highest BCUT2D eigenvalue weighted by molar-refractivity contribution is 6.74. The fraction of sp³-hybridized carbons (Fsp3) is 0.840. The van der Waals surface area contributed by atoms with Crippen LogP contribution >= 0.6 is 0 Å². The standard InChI is InChI=1S/C25H50O5Si2/c1-14-15-20(30-32(12,13)24(5,6)7)19(26)16-17-21-22(29-25(8,9)28-21)18-27-31(10,11)23(2,3)4/h14-17,19-22,26H,18H2,1-13H3/b15-14+,17-16?/t19-,20-,21-,22-/m0/s1. The summed E-state index contributed by atoms with van der Waals surface area (Å²) in [5, 5.41) is 11.1. The van der Waals surface area contributed by atoms with Gasteiger partial charge < -0.3 is 23.4 Å². The van der Waals surface area contributed by atoms with Crippen molar-refractivity contribution in [1.82, 2.24) is 0 Å². The first kappa shape index (κ1) is 29.7. The molecule has 0 radical (unpaired) electrons. The lowest BCUT2D eigenvalue weighted by Crippen LogP contribution is -2.46. The van der Waals surface area contributed by atoms with E-state index in [1.54, 1.807) is 6.08 Å². The van der Waals surface area contributed by atoms with Gasteiger partial charge in [0.2, 0.25) is 0 Å². The number of allylic oxidation sites excluding steroid dienone is 1. The molecule has 1 fully saturated rings. The average molecular weight is 487 g/mol. The molecular weight excluding hydrogens is 436 g/mol. The molecule has 0 bridgehead atoms. The minimum absolute atomic E-state index is 0.0644. The van der Waals surface area contributed by atoms with E-state index in [4.69, 9.17) is 18.3 Å². The van der Waals surface area contributed by atoms with Gasteiger partial charge in [-0.15, -0.1) is 0 Å². The summed E-state index contributed by atoms with van der Waals surface area (Å²) in [5.41, 5.74) is 0. The highest BCUT2D eigenvalue weighted by Crippen LogP contribution is 2.39. The van der Waals surface area contributed by atoms with Crippen molar-refractivity contribution in [3.8, 4) is 0 Å². The lowest BCUT2D eigenvalue weighted by Gasteiger charge is -2.39. The van der Waals surface area contributed by atoms with Crippen molar-refractivity contribution in [1.29, 1.82) is 0 Å². The van der Waals surface area contributed by atoms with E-state index in [1.165, 1.54) is 0 Å². The van der Waals surface area contributed by atoms with Crippen LogP contribution in [0, 0.1) is 0 Å². The van der Waals surface area contributed by atoms with Gasteiger partial charge >= 0.3 is 0 Å². The number of hydrogen-bond donors (Lipinski definition) is 1. The van der Waals surface area contributed by atoms with Crippen LogP contribution in [0.15, 0.2) is 24.3 Å². The van der Waals surface area contributed by atoms with E-state index in [0.717, 1.165) is 0 Å². The fourth-order valence-electron chi connectivity index (χ4n) is 2.92. The van der Waals surface area contributed by atoms with E-state index >= 15 is 0 Å². The lowest BCUT2D eigenvalue weighted by molar-refractivity contribution is -0.145. The molecule has 0 aromatic rings. The Hall–Kier alpha value is -0.286. The second kappa shape index (κ2) is 10.5. The van der Waals surface area contributed by atoms with E-state index in [2.05, 4.69) is 67.7 Å². The molecule has 1 saturated heterocycles. The van der Waals surface area contributed by atoms with Crippen molar-refractivity contribution in [3.63, 3.8) is 0 Å². The van der Waals surface area contributed by atoms with Gasteiger partial charge in [0.25, 0.3) is 0 Å². The summed E-state index contributed by atoms with van der Waals surface area (Å²) in [7, 11) is -3.93. The van der Waals surface area contributed by atoms with Gasteiger partial charge in [0, 0.05) is 0 Å². The second-order valence-corrected chi connectivity index (χ2v) is 22.0. The van der Waals surface area contributed by atoms with Crippen LogP contribution in [-0.4, -0.2) is 58.6 Å². The molecular formula is C25H50O5Si2. The summed E-state index contributed by atoms with van der Waals surface area (Å²) >= 11 is 0. The third kappa shape index (κ3) is 8.18. The summed E-state index contributed by atoms with van der Waals surface area (Å²) < 4.78 is 25.1. The molecule has 5 nitrogen and oxygen atoms in total. The van der Waals surface area contributed by atoms with E-state index in [-0.39, 0.29) is 22.3 Å². The Balaban J connectivity index is 2.95. The third-order valence-corrected chi connectivity index (χ3v) is 16.1. The second-order valence-electron chi connectivity index (χ2n) is 12.5. The van der Waals surface area contributed by atoms with Crippen molar-refractivity contribution >= 4 is 16.6 Å². The summed E-state index contributed by atoms with van der Waals surface area (Å²) in [6.45, 7) is 28.4. The SMILES string of the molecule is C/C=C/[C@H](O[Si](C)(C)C(C)(C)C)[C@@H](O)C=C[C@@H]1OC(C)(C)O[C@H]1CO[Si](C)(C)C(C)(C)C. The zero-order chi connectivity index (χ0) is 25.2. The van der Waals surface area contributed by atoms with Crippen LogP contribution in [0.25, 0.3) is 0 Å². The molecule has 1 N–H and O–H groups in total. The summed E-state index contributed by atoms with van der Waals surface area (Å²) in [6, 6.07) is 0. The molecule has 1 rings (SSSR count). The Morgan fingerprint density at radius 3 is 1.94 bits per heavy atom. The minimum Gasteiger partial charge on any atom is -0.414 e. The van der Waals surface area contributed by atoms with Crippen LogP contribution in [0.2, 0.25) is 36.3 Å². The highest BCUT2D eigenvalue weighted by Gasteiger charge is 2.44. The van der Waals surface area contributed by atoms with Gasteiger partial charge in [-0.1, -0.05) is 65.8 Å². The van der Waals surface area contributed by atoms with Gasteiger partial charge in [0.15, 0.2) is 22.4 Å². The van der Waals surface area contributed by atoms with E-state index in [1.807, 2.05) is 39.0 Å². The molecule has 4 atom stereocenters. The van der Waals surface area contributed by atoms with Crippen molar-refractivity contribution in [2.24, 2.45) is 0 Å². The van der Waals surface area contributed by atoms with Crippen LogP contribution in [0.5, 0.6) is 0 Å². The Bertz CT molecular complexity index is 656.